The van der Waals surface area contributed by atoms with E-state index in [1.165, 1.54) is 0 Å². The van der Waals surface area contributed by atoms with E-state index in [1.54, 1.807) is 18.5 Å². The molecular weight excluding hydrogens is 178 g/mol. The van der Waals surface area contributed by atoms with Crippen LogP contribution in [0, 0.1) is 11.3 Å². The van der Waals surface area contributed by atoms with Gasteiger partial charge in [-0.05, 0) is 18.9 Å². The summed E-state index contributed by atoms with van der Waals surface area (Å²) < 4.78 is 0. The van der Waals surface area contributed by atoms with Crippen LogP contribution in [0.1, 0.15) is 18.4 Å². The molecule has 14 heavy (non-hydrogen) atoms. The Balaban J connectivity index is 2.21. The lowest BCUT2D eigenvalue weighted by Crippen LogP contribution is -2.26. The molecular formula is C10H11N3O. The van der Waals surface area contributed by atoms with Crippen molar-refractivity contribution in [1.82, 2.24) is 4.98 Å². The smallest absolute Gasteiger partial charge is 0.101 e. The van der Waals surface area contributed by atoms with Crippen LogP contribution in [0.15, 0.2) is 18.5 Å². The molecule has 1 aliphatic carbocycles. The summed E-state index contributed by atoms with van der Waals surface area (Å²) in [4.78, 5) is 3.94. The second-order valence-electron chi connectivity index (χ2n) is 3.60. The van der Waals surface area contributed by atoms with Gasteiger partial charge >= 0.3 is 0 Å². The molecule has 2 N–H and O–H groups in total. The first-order chi connectivity index (χ1) is 6.79. The number of aromatic nitrogens is 1. The highest BCUT2D eigenvalue weighted by molar-refractivity contribution is 5.57. The van der Waals surface area contributed by atoms with Gasteiger partial charge in [0, 0.05) is 6.20 Å². The van der Waals surface area contributed by atoms with E-state index < -0.39 is 0 Å². The van der Waals surface area contributed by atoms with Crippen LogP contribution in [-0.2, 0) is 0 Å². The van der Waals surface area contributed by atoms with Crippen molar-refractivity contribution < 1.29 is 5.11 Å². The fourth-order valence-electron chi connectivity index (χ4n) is 1.35. The summed E-state index contributed by atoms with van der Waals surface area (Å²) in [5.74, 6) is 0. The maximum atomic E-state index is 9.12. The van der Waals surface area contributed by atoms with Crippen molar-refractivity contribution in [3.63, 3.8) is 0 Å². The highest BCUT2D eigenvalue weighted by atomic mass is 16.3. The number of nitrogens with zero attached hydrogens (tertiary/aromatic N) is 2. The molecule has 1 saturated carbocycles. The summed E-state index contributed by atoms with van der Waals surface area (Å²) in [6.07, 6.45) is 5.10. The molecule has 72 valence electrons. The van der Waals surface area contributed by atoms with Gasteiger partial charge < -0.3 is 10.4 Å². The van der Waals surface area contributed by atoms with Crippen molar-refractivity contribution in [2.45, 2.75) is 18.4 Å². The largest absolute Gasteiger partial charge is 0.394 e. The Kier molecular flexibility index (Phi) is 2.10. The molecule has 0 bridgehead atoms. The van der Waals surface area contributed by atoms with Crippen LogP contribution in [0.25, 0.3) is 0 Å². The fraction of sp³-hybridized carbons (Fsp3) is 0.400. The Morgan fingerprint density at radius 3 is 3.00 bits per heavy atom. The summed E-state index contributed by atoms with van der Waals surface area (Å²) in [5.41, 5.74) is 1.08. The molecule has 1 aromatic heterocycles. The molecule has 0 amide bonds. The molecule has 4 nitrogen and oxygen atoms in total. The van der Waals surface area contributed by atoms with E-state index >= 15 is 0 Å². The van der Waals surface area contributed by atoms with Gasteiger partial charge in [-0.15, -0.1) is 0 Å². The monoisotopic (exact) mass is 189 g/mol. The zero-order valence-corrected chi connectivity index (χ0v) is 7.70. The Morgan fingerprint density at radius 1 is 1.64 bits per heavy atom. The first kappa shape index (κ1) is 8.97. The fourth-order valence-corrected chi connectivity index (χ4v) is 1.35. The number of rotatable bonds is 3. The lowest BCUT2D eigenvalue weighted by molar-refractivity contribution is 0.266. The Hall–Kier alpha value is -1.60. The molecule has 0 atom stereocenters. The average molecular weight is 189 g/mol. The van der Waals surface area contributed by atoms with Gasteiger partial charge in [-0.3, -0.25) is 4.98 Å². The number of anilines is 1. The zero-order chi connectivity index (χ0) is 10.0. The molecule has 0 saturated heterocycles. The maximum Gasteiger partial charge on any atom is 0.101 e. The van der Waals surface area contributed by atoms with E-state index in [0.29, 0.717) is 11.3 Å². The first-order valence-corrected chi connectivity index (χ1v) is 4.53. The number of aliphatic hydroxyl groups excluding tert-OH is 1. The van der Waals surface area contributed by atoms with E-state index in [9.17, 15) is 0 Å². The number of hydrogen-bond donors (Lipinski definition) is 2. The van der Waals surface area contributed by atoms with Gasteiger partial charge in [0.25, 0.3) is 0 Å². The quantitative estimate of drug-likeness (QED) is 0.740. The minimum absolute atomic E-state index is 0.104. The van der Waals surface area contributed by atoms with Gasteiger partial charge in [0.05, 0.1) is 29.6 Å². The van der Waals surface area contributed by atoms with Crippen molar-refractivity contribution in [2.75, 3.05) is 11.9 Å². The number of nitriles is 1. The topological polar surface area (TPSA) is 68.9 Å². The SMILES string of the molecule is N#Cc1ccncc1NC1(CO)CC1. The van der Waals surface area contributed by atoms with E-state index in [0.717, 1.165) is 12.8 Å². The number of aliphatic hydroxyl groups is 1. The summed E-state index contributed by atoms with van der Waals surface area (Å²) >= 11 is 0. The van der Waals surface area contributed by atoms with E-state index in [4.69, 9.17) is 10.4 Å². The maximum absolute atomic E-state index is 9.12. The third kappa shape index (κ3) is 1.54. The van der Waals surface area contributed by atoms with Gasteiger partial charge in [0.15, 0.2) is 0 Å². The van der Waals surface area contributed by atoms with Crippen LogP contribution < -0.4 is 5.32 Å². The van der Waals surface area contributed by atoms with Crippen molar-refractivity contribution in [3.05, 3.63) is 24.0 Å². The van der Waals surface area contributed by atoms with E-state index in [-0.39, 0.29) is 12.1 Å². The molecule has 0 unspecified atom stereocenters. The van der Waals surface area contributed by atoms with Crippen LogP contribution in [0.3, 0.4) is 0 Å². The van der Waals surface area contributed by atoms with Crippen molar-refractivity contribution in [3.8, 4) is 6.07 Å². The third-order valence-corrected chi connectivity index (χ3v) is 2.50. The molecule has 1 heterocycles. The molecule has 0 aromatic carbocycles. The second-order valence-corrected chi connectivity index (χ2v) is 3.60. The molecule has 0 spiro atoms. The van der Waals surface area contributed by atoms with Crippen LogP contribution in [-0.4, -0.2) is 22.2 Å². The molecule has 1 fully saturated rings. The Labute approximate surface area is 82.2 Å². The summed E-state index contributed by atoms with van der Waals surface area (Å²) in [5, 5.41) is 21.1. The second kappa shape index (κ2) is 3.28. The minimum Gasteiger partial charge on any atom is -0.394 e. The van der Waals surface area contributed by atoms with Crippen molar-refractivity contribution >= 4 is 5.69 Å². The lowest BCUT2D eigenvalue weighted by Gasteiger charge is -2.15. The first-order valence-electron chi connectivity index (χ1n) is 4.53. The number of pyridine rings is 1. The van der Waals surface area contributed by atoms with Gasteiger partial charge in [-0.25, -0.2) is 0 Å². The van der Waals surface area contributed by atoms with E-state index in [2.05, 4.69) is 16.4 Å². The Bertz CT molecular complexity index is 379. The lowest BCUT2D eigenvalue weighted by atomic mass is 10.2. The van der Waals surface area contributed by atoms with Crippen LogP contribution >= 0.6 is 0 Å². The molecule has 0 radical (unpaired) electrons. The van der Waals surface area contributed by atoms with Gasteiger partial charge in [-0.1, -0.05) is 0 Å². The highest BCUT2D eigenvalue weighted by Gasteiger charge is 2.42. The normalized spacial score (nSPS) is 17.1. The van der Waals surface area contributed by atoms with Gasteiger partial charge in [0.1, 0.15) is 6.07 Å². The molecule has 2 rings (SSSR count). The summed E-state index contributed by atoms with van der Waals surface area (Å²) in [6, 6.07) is 3.75. The standard InChI is InChI=1S/C10H11N3O/c11-5-8-1-4-12-6-9(8)13-10(7-14)2-3-10/h1,4,6,13-14H,2-3,7H2. The predicted octanol–water partition coefficient (Wildman–Crippen LogP) is 0.890. The summed E-state index contributed by atoms with van der Waals surface area (Å²) in [7, 11) is 0. The van der Waals surface area contributed by atoms with Crippen LogP contribution in [0.4, 0.5) is 5.69 Å². The minimum atomic E-state index is -0.200. The third-order valence-electron chi connectivity index (χ3n) is 2.50. The van der Waals surface area contributed by atoms with Gasteiger partial charge in [-0.2, -0.15) is 5.26 Å². The highest BCUT2D eigenvalue weighted by Crippen LogP contribution is 2.38. The van der Waals surface area contributed by atoms with Crippen LogP contribution in [0.5, 0.6) is 0 Å². The Morgan fingerprint density at radius 2 is 2.43 bits per heavy atom. The molecule has 0 aliphatic heterocycles. The van der Waals surface area contributed by atoms with Crippen molar-refractivity contribution in [1.29, 1.82) is 5.26 Å². The van der Waals surface area contributed by atoms with Crippen molar-refractivity contribution in [2.24, 2.45) is 0 Å². The molecule has 4 heteroatoms. The number of hydrogen-bond acceptors (Lipinski definition) is 4. The molecule has 1 aromatic rings. The van der Waals surface area contributed by atoms with E-state index in [1.807, 2.05) is 0 Å². The predicted molar refractivity (Wildman–Crippen MR) is 51.6 cm³/mol. The zero-order valence-electron chi connectivity index (χ0n) is 7.70. The molecule has 1 aliphatic rings. The average Bonchev–Trinajstić information content (AvgIpc) is 2.99. The van der Waals surface area contributed by atoms with Gasteiger partial charge in [0.2, 0.25) is 0 Å². The number of nitrogens with one attached hydrogen (secondary N) is 1. The summed E-state index contributed by atoms with van der Waals surface area (Å²) in [6.45, 7) is 0.104. The van der Waals surface area contributed by atoms with Crippen LogP contribution in [0.2, 0.25) is 0 Å².